The zero-order valence-corrected chi connectivity index (χ0v) is 25.5. The number of hydrogen-bond acceptors (Lipinski definition) is 11. The van der Waals surface area contributed by atoms with Crippen molar-refractivity contribution in [2.45, 2.75) is 109 Å². The molecular formula is C31H47NO11. The van der Waals surface area contributed by atoms with Gasteiger partial charge in [0.05, 0.1) is 19.8 Å². The lowest BCUT2D eigenvalue weighted by Gasteiger charge is -2.28. The molecule has 1 aliphatic carbocycles. The first-order valence-corrected chi connectivity index (χ1v) is 15.3. The van der Waals surface area contributed by atoms with Crippen LogP contribution in [0.1, 0.15) is 103 Å². The van der Waals surface area contributed by atoms with Crippen LogP contribution < -0.4 is 15.2 Å². The summed E-state index contributed by atoms with van der Waals surface area (Å²) >= 11 is 0. The van der Waals surface area contributed by atoms with E-state index in [-0.39, 0.29) is 37.4 Å². The van der Waals surface area contributed by atoms with E-state index in [1.165, 1.54) is 18.2 Å². The zero-order valence-electron chi connectivity index (χ0n) is 25.5. The topological polar surface area (TPSA) is 170 Å². The molecule has 3 N–H and O–H groups in total. The van der Waals surface area contributed by atoms with Crippen molar-refractivity contribution in [3.63, 3.8) is 0 Å². The number of benzene rings is 1. The van der Waals surface area contributed by atoms with Gasteiger partial charge in [0.2, 0.25) is 0 Å². The number of unbranched alkanes of at least 4 members (excludes halogenated alkanes) is 4. The van der Waals surface area contributed by atoms with Crippen LogP contribution in [0.15, 0.2) is 18.2 Å². The van der Waals surface area contributed by atoms with Crippen LogP contribution in [-0.4, -0.2) is 61.5 Å². The lowest BCUT2D eigenvalue weighted by Crippen LogP contribution is -2.40. The van der Waals surface area contributed by atoms with Crippen LogP contribution in [-0.2, 0) is 23.7 Å². The van der Waals surface area contributed by atoms with E-state index in [0.29, 0.717) is 18.4 Å². The molecular weight excluding hydrogens is 562 g/mol. The minimum absolute atomic E-state index is 0.127. The predicted octanol–water partition coefficient (Wildman–Crippen LogP) is 6.72. The van der Waals surface area contributed by atoms with Crippen LogP contribution in [0, 0.1) is 5.92 Å². The van der Waals surface area contributed by atoms with Crippen LogP contribution >= 0.6 is 0 Å². The maximum Gasteiger partial charge on any atom is 0.513 e. The van der Waals surface area contributed by atoms with Crippen molar-refractivity contribution in [3.05, 3.63) is 23.8 Å². The summed E-state index contributed by atoms with van der Waals surface area (Å²) < 4.78 is 31.6. The Morgan fingerprint density at radius 1 is 0.837 bits per heavy atom. The molecule has 43 heavy (non-hydrogen) atoms. The molecule has 12 nitrogen and oxygen atoms in total. The Balaban J connectivity index is 2.23. The maximum absolute atomic E-state index is 12.4. The molecule has 0 aliphatic heterocycles. The summed E-state index contributed by atoms with van der Waals surface area (Å²) in [6.45, 7) is 5.84. The Labute approximate surface area is 253 Å². The molecule has 1 saturated carbocycles. The summed E-state index contributed by atoms with van der Waals surface area (Å²) in [5.74, 6) is -3.07. The van der Waals surface area contributed by atoms with Crippen molar-refractivity contribution in [1.29, 1.82) is 0 Å². The average Bonchev–Trinajstić information content (AvgIpc) is 2.98. The number of carboxylic acid groups (broad SMARTS) is 1. The minimum Gasteiger partial charge on any atom is -0.480 e. The van der Waals surface area contributed by atoms with E-state index in [9.17, 15) is 24.3 Å². The summed E-state index contributed by atoms with van der Waals surface area (Å²) in [6, 6.07) is 2.81. The monoisotopic (exact) mass is 609 g/mol. The van der Waals surface area contributed by atoms with Gasteiger partial charge in [-0.1, -0.05) is 58.9 Å². The van der Waals surface area contributed by atoms with Gasteiger partial charge in [-0.2, -0.15) is 0 Å². The Bertz CT molecular complexity index is 1020. The molecule has 242 valence electrons. The zero-order chi connectivity index (χ0) is 31.6. The molecule has 0 aromatic heterocycles. The fourth-order valence-corrected chi connectivity index (χ4v) is 4.85. The molecule has 3 atom stereocenters. The lowest BCUT2D eigenvalue weighted by atomic mass is 9.82. The Morgan fingerprint density at radius 2 is 1.42 bits per heavy atom. The summed E-state index contributed by atoms with van der Waals surface area (Å²) in [6.07, 6.45) is 6.55. The van der Waals surface area contributed by atoms with Crippen LogP contribution in [0.3, 0.4) is 0 Å². The van der Waals surface area contributed by atoms with Gasteiger partial charge < -0.3 is 39.3 Å². The number of nitrogens with two attached hydrogens (primary N) is 1. The van der Waals surface area contributed by atoms with Gasteiger partial charge >= 0.3 is 24.4 Å². The Kier molecular flexibility index (Phi) is 16.3. The van der Waals surface area contributed by atoms with Gasteiger partial charge in [-0.3, -0.25) is 4.79 Å². The van der Waals surface area contributed by atoms with Crippen LogP contribution in [0.5, 0.6) is 11.5 Å². The van der Waals surface area contributed by atoms with Gasteiger partial charge in [0.1, 0.15) is 12.1 Å². The molecule has 1 aromatic carbocycles. The normalized spacial score (nSPS) is 15.4. The molecule has 0 spiro atoms. The molecule has 0 bridgehead atoms. The van der Waals surface area contributed by atoms with Crippen molar-refractivity contribution in [1.82, 2.24) is 0 Å². The van der Waals surface area contributed by atoms with Crippen molar-refractivity contribution in [2.24, 2.45) is 11.7 Å². The maximum atomic E-state index is 12.4. The van der Waals surface area contributed by atoms with Crippen molar-refractivity contribution >= 4 is 24.4 Å². The molecule has 2 rings (SSSR count). The molecule has 12 heteroatoms. The van der Waals surface area contributed by atoms with E-state index in [1.54, 1.807) is 6.92 Å². The van der Waals surface area contributed by atoms with Crippen LogP contribution in [0.4, 0.5) is 14.4 Å². The predicted molar refractivity (Wildman–Crippen MR) is 156 cm³/mol. The Hall–Kier alpha value is -3.54. The van der Waals surface area contributed by atoms with Gasteiger partial charge in [0, 0.05) is 5.92 Å². The standard InChI is InChI=1S/C31H47NO11/c1-4-6-11-17-38-29(35)42-24-16-15-22(19-25(24)43-30(36)39-18-12-7-5-2)26(27(32)28(33)34)21(3)20-40-31(37)41-23-13-9-8-10-14-23/h15-16,19,21,23,26-27H,4-14,17-18,20,32H2,1-3H3,(H,33,34)/t21?,26?,27-/m0/s1. The second-order valence-corrected chi connectivity index (χ2v) is 10.8. The first-order valence-electron chi connectivity index (χ1n) is 15.3. The van der Waals surface area contributed by atoms with E-state index < -0.39 is 42.3 Å². The highest BCUT2D eigenvalue weighted by Crippen LogP contribution is 2.36. The van der Waals surface area contributed by atoms with E-state index in [1.807, 2.05) is 13.8 Å². The number of carbonyl (C=O) groups excluding carboxylic acids is 3. The largest absolute Gasteiger partial charge is 0.513 e. The van der Waals surface area contributed by atoms with E-state index in [0.717, 1.165) is 57.8 Å². The number of rotatable bonds is 17. The highest BCUT2D eigenvalue weighted by Gasteiger charge is 2.33. The molecule has 1 aromatic rings. The number of carbonyl (C=O) groups is 4. The van der Waals surface area contributed by atoms with Crippen molar-refractivity contribution < 1.29 is 52.7 Å². The highest BCUT2D eigenvalue weighted by molar-refractivity contribution is 5.75. The fraction of sp³-hybridized carbons (Fsp3) is 0.677. The number of ether oxygens (including phenoxy) is 6. The summed E-state index contributed by atoms with van der Waals surface area (Å²) in [5, 5.41) is 9.76. The van der Waals surface area contributed by atoms with Crippen LogP contribution in [0.25, 0.3) is 0 Å². The molecule has 2 unspecified atom stereocenters. The third-order valence-electron chi connectivity index (χ3n) is 7.24. The van der Waals surface area contributed by atoms with Gasteiger partial charge in [0.15, 0.2) is 11.5 Å². The number of hydrogen-bond donors (Lipinski definition) is 2. The van der Waals surface area contributed by atoms with E-state index in [4.69, 9.17) is 34.2 Å². The first kappa shape index (κ1) is 35.7. The van der Waals surface area contributed by atoms with Crippen LogP contribution in [0.2, 0.25) is 0 Å². The third-order valence-corrected chi connectivity index (χ3v) is 7.24. The molecule has 0 amide bonds. The van der Waals surface area contributed by atoms with Gasteiger partial charge in [-0.05, 0) is 62.1 Å². The molecule has 0 heterocycles. The number of carboxylic acids is 1. The van der Waals surface area contributed by atoms with E-state index >= 15 is 0 Å². The van der Waals surface area contributed by atoms with Gasteiger partial charge in [-0.15, -0.1) is 0 Å². The minimum atomic E-state index is -1.41. The van der Waals surface area contributed by atoms with Crippen molar-refractivity contribution in [3.8, 4) is 11.5 Å². The summed E-state index contributed by atoms with van der Waals surface area (Å²) in [7, 11) is 0. The molecule has 1 fully saturated rings. The molecule has 0 radical (unpaired) electrons. The Morgan fingerprint density at radius 3 is 1.98 bits per heavy atom. The summed E-state index contributed by atoms with van der Waals surface area (Å²) in [5.41, 5.74) is 6.44. The van der Waals surface area contributed by atoms with Gasteiger partial charge in [0.25, 0.3) is 0 Å². The first-order chi connectivity index (χ1) is 20.7. The average molecular weight is 610 g/mol. The smallest absolute Gasteiger partial charge is 0.480 e. The van der Waals surface area contributed by atoms with Crippen molar-refractivity contribution in [2.75, 3.05) is 19.8 Å². The molecule has 1 aliphatic rings. The fourth-order valence-electron chi connectivity index (χ4n) is 4.85. The van der Waals surface area contributed by atoms with Gasteiger partial charge in [-0.25, -0.2) is 14.4 Å². The quantitative estimate of drug-likeness (QED) is 0.0828. The third kappa shape index (κ3) is 13.1. The second kappa shape index (κ2) is 19.6. The lowest BCUT2D eigenvalue weighted by molar-refractivity contribution is -0.139. The second-order valence-electron chi connectivity index (χ2n) is 10.8. The van der Waals surface area contributed by atoms with E-state index in [2.05, 4.69) is 0 Å². The highest BCUT2D eigenvalue weighted by atomic mass is 16.7. The number of aliphatic carboxylic acids is 1. The summed E-state index contributed by atoms with van der Waals surface area (Å²) in [4.78, 5) is 49.0. The SMILES string of the molecule is CCCCCOC(=O)Oc1ccc(C(C(C)COC(=O)OC2CCCCC2)[C@H](N)C(=O)O)cc1OC(=O)OCCCCC. The molecule has 0 saturated heterocycles.